The van der Waals surface area contributed by atoms with Gasteiger partial charge in [0, 0.05) is 16.1 Å². The molecular weight excluding hydrogens is 413 g/mol. The number of methoxy groups -OCH3 is 1. The van der Waals surface area contributed by atoms with E-state index in [0.717, 1.165) is 6.07 Å². The van der Waals surface area contributed by atoms with Crippen molar-refractivity contribution in [3.8, 4) is 16.9 Å². The first kappa shape index (κ1) is 24.1. The molecule has 0 amide bonds. The third kappa shape index (κ3) is 6.69. The Morgan fingerprint density at radius 2 is 1.73 bits per heavy atom. The summed E-state index contributed by atoms with van der Waals surface area (Å²) in [7, 11) is 1.51. The zero-order valence-corrected chi connectivity index (χ0v) is 18.7. The van der Waals surface area contributed by atoms with E-state index in [2.05, 4.69) is 0 Å². The molecule has 0 radical (unpaired) electrons. The van der Waals surface area contributed by atoms with Gasteiger partial charge in [0.05, 0.1) is 25.7 Å². The van der Waals surface area contributed by atoms with Gasteiger partial charge in [-0.05, 0) is 47.9 Å². The van der Waals surface area contributed by atoms with Crippen molar-refractivity contribution < 1.29 is 27.4 Å². The molecule has 0 aliphatic carbocycles. The van der Waals surface area contributed by atoms with Crippen LogP contribution in [0, 0.1) is 0 Å². The number of carbonyl (C=O) groups is 1. The number of benzene rings is 2. The maximum absolute atomic E-state index is 13.3. The molecule has 30 heavy (non-hydrogen) atoms. The molecule has 0 saturated carbocycles. The van der Waals surface area contributed by atoms with Crippen LogP contribution in [0.5, 0.6) is 5.75 Å². The van der Waals surface area contributed by atoms with Gasteiger partial charge in [0.1, 0.15) is 5.75 Å². The Hall–Kier alpha value is -2.15. The highest BCUT2D eigenvalue weighted by Gasteiger charge is 2.31. The Labute approximate surface area is 180 Å². The lowest BCUT2D eigenvalue weighted by molar-refractivity contribution is -0.142. The SMILES string of the molecule is CCOC(=O)Cc1ccc(OC)c(-c2ccc(C(F)(F)F)cc2CSC(C)(C)C)c1. The van der Waals surface area contributed by atoms with Crippen LogP contribution in [0.4, 0.5) is 13.2 Å². The average molecular weight is 441 g/mol. The molecule has 0 atom stereocenters. The van der Waals surface area contributed by atoms with E-state index in [1.807, 2.05) is 20.8 Å². The molecule has 0 bridgehead atoms. The molecule has 0 aliphatic rings. The van der Waals surface area contributed by atoms with Gasteiger partial charge in [0.15, 0.2) is 0 Å². The van der Waals surface area contributed by atoms with Gasteiger partial charge in [-0.3, -0.25) is 4.79 Å². The fourth-order valence-electron chi connectivity index (χ4n) is 2.90. The lowest BCUT2D eigenvalue weighted by Gasteiger charge is -2.21. The van der Waals surface area contributed by atoms with Crippen molar-refractivity contribution in [2.75, 3.05) is 13.7 Å². The molecule has 3 nitrogen and oxygen atoms in total. The molecule has 0 aromatic heterocycles. The highest BCUT2D eigenvalue weighted by Crippen LogP contribution is 2.40. The largest absolute Gasteiger partial charge is 0.496 e. The van der Waals surface area contributed by atoms with Crippen LogP contribution in [0.1, 0.15) is 44.4 Å². The van der Waals surface area contributed by atoms with Crippen LogP contribution in [0.3, 0.4) is 0 Å². The van der Waals surface area contributed by atoms with Crippen LogP contribution >= 0.6 is 11.8 Å². The van der Waals surface area contributed by atoms with E-state index in [0.29, 0.717) is 33.8 Å². The Kier molecular flexibility index (Phi) is 7.86. The number of hydrogen-bond donors (Lipinski definition) is 0. The first-order valence-corrected chi connectivity index (χ1v) is 10.6. The van der Waals surface area contributed by atoms with Crippen molar-refractivity contribution in [2.24, 2.45) is 0 Å². The quantitative estimate of drug-likeness (QED) is 0.459. The topological polar surface area (TPSA) is 35.5 Å². The van der Waals surface area contributed by atoms with Gasteiger partial charge >= 0.3 is 12.1 Å². The Balaban J connectivity index is 2.55. The number of esters is 1. The van der Waals surface area contributed by atoms with Gasteiger partial charge in [-0.15, -0.1) is 0 Å². The molecule has 7 heteroatoms. The van der Waals surface area contributed by atoms with Crippen LogP contribution in [0.2, 0.25) is 0 Å². The lowest BCUT2D eigenvalue weighted by atomic mass is 9.95. The fraction of sp³-hybridized carbons (Fsp3) is 0.435. The molecule has 0 N–H and O–H groups in total. The van der Waals surface area contributed by atoms with E-state index in [9.17, 15) is 18.0 Å². The third-order valence-electron chi connectivity index (χ3n) is 4.30. The monoisotopic (exact) mass is 440 g/mol. The van der Waals surface area contributed by atoms with Crippen molar-refractivity contribution in [1.82, 2.24) is 0 Å². The maximum Gasteiger partial charge on any atom is 0.416 e. The van der Waals surface area contributed by atoms with E-state index >= 15 is 0 Å². The Morgan fingerprint density at radius 1 is 1.03 bits per heavy atom. The highest BCUT2D eigenvalue weighted by molar-refractivity contribution is 7.99. The number of hydrogen-bond acceptors (Lipinski definition) is 4. The molecule has 0 heterocycles. The minimum Gasteiger partial charge on any atom is -0.496 e. The first-order chi connectivity index (χ1) is 13.9. The molecule has 0 aliphatic heterocycles. The van der Waals surface area contributed by atoms with Crippen LogP contribution in [0.25, 0.3) is 11.1 Å². The lowest BCUT2D eigenvalue weighted by Crippen LogP contribution is -2.10. The maximum atomic E-state index is 13.3. The molecule has 0 unspecified atom stereocenters. The third-order valence-corrected chi connectivity index (χ3v) is 5.62. The fourth-order valence-corrected chi connectivity index (χ4v) is 3.73. The first-order valence-electron chi connectivity index (χ1n) is 9.61. The van der Waals surface area contributed by atoms with E-state index in [1.165, 1.54) is 19.2 Å². The van der Waals surface area contributed by atoms with Gasteiger partial charge in [-0.25, -0.2) is 0 Å². The summed E-state index contributed by atoms with van der Waals surface area (Å²) in [5.74, 6) is 0.586. The van der Waals surface area contributed by atoms with Crippen LogP contribution < -0.4 is 4.74 Å². The van der Waals surface area contributed by atoms with Crippen LogP contribution in [0.15, 0.2) is 36.4 Å². The summed E-state index contributed by atoms with van der Waals surface area (Å²) in [6.45, 7) is 8.08. The van der Waals surface area contributed by atoms with E-state index in [-0.39, 0.29) is 23.7 Å². The van der Waals surface area contributed by atoms with Crippen molar-refractivity contribution in [1.29, 1.82) is 0 Å². The van der Waals surface area contributed by atoms with Gasteiger partial charge in [0.25, 0.3) is 0 Å². The van der Waals surface area contributed by atoms with Gasteiger partial charge < -0.3 is 9.47 Å². The average Bonchev–Trinajstić information content (AvgIpc) is 2.65. The summed E-state index contributed by atoms with van der Waals surface area (Å²) in [6, 6.07) is 9.02. The van der Waals surface area contributed by atoms with E-state index in [1.54, 1.807) is 36.9 Å². The number of thioether (sulfide) groups is 1. The summed E-state index contributed by atoms with van der Waals surface area (Å²) in [5.41, 5.74) is 1.90. The zero-order chi connectivity index (χ0) is 22.5. The molecular formula is C23H27F3O3S. The van der Waals surface area contributed by atoms with Crippen LogP contribution in [-0.4, -0.2) is 24.4 Å². The molecule has 164 valence electrons. The second-order valence-corrected chi connectivity index (χ2v) is 9.59. The number of rotatable bonds is 7. The van der Waals surface area contributed by atoms with Crippen molar-refractivity contribution >= 4 is 17.7 Å². The minimum atomic E-state index is -4.42. The molecule has 0 saturated heterocycles. The minimum absolute atomic E-state index is 0.0809. The molecule has 0 spiro atoms. The van der Waals surface area contributed by atoms with Crippen molar-refractivity contribution in [2.45, 2.75) is 50.8 Å². The summed E-state index contributed by atoms with van der Waals surface area (Å²) < 4.78 is 50.3. The predicted molar refractivity (Wildman–Crippen MR) is 115 cm³/mol. The second-order valence-electron chi connectivity index (χ2n) is 7.79. The molecule has 0 fully saturated rings. The number of halogens is 3. The predicted octanol–water partition coefficient (Wildman–Crippen LogP) is 6.52. The molecule has 2 aromatic carbocycles. The van der Waals surface area contributed by atoms with E-state index in [4.69, 9.17) is 9.47 Å². The van der Waals surface area contributed by atoms with Gasteiger partial charge in [-0.2, -0.15) is 24.9 Å². The summed E-state index contributed by atoms with van der Waals surface area (Å²) >= 11 is 1.57. The standard InChI is InChI=1S/C23H27F3O3S/c1-6-29-21(27)12-15-7-10-20(28-5)19(11-15)18-9-8-17(23(24,25)26)13-16(18)14-30-22(2,3)4/h7-11,13H,6,12,14H2,1-5H3. The van der Waals surface area contributed by atoms with Crippen LogP contribution in [-0.2, 0) is 27.9 Å². The Morgan fingerprint density at radius 3 is 2.30 bits per heavy atom. The zero-order valence-electron chi connectivity index (χ0n) is 17.9. The molecule has 2 rings (SSSR count). The number of ether oxygens (including phenoxy) is 2. The van der Waals surface area contributed by atoms with Crippen molar-refractivity contribution in [3.63, 3.8) is 0 Å². The smallest absolute Gasteiger partial charge is 0.416 e. The summed E-state index contributed by atoms with van der Waals surface area (Å²) in [6.07, 6.45) is -4.34. The van der Waals surface area contributed by atoms with Gasteiger partial charge in [-0.1, -0.05) is 32.9 Å². The molecule has 2 aromatic rings. The van der Waals surface area contributed by atoms with E-state index < -0.39 is 11.7 Å². The highest BCUT2D eigenvalue weighted by atomic mass is 32.2. The second kappa shape index (κ2) is 9.77. The number of alkyl halides is 3. The normalized spacial score (nSPS) is 12.0. The number of carbonyl (C=O) groups excluding carboxylic acids is 1. The van der Waals surface area contributed by atoms with Gasteiger partial charge in [0.2, 0.25) is 0 Å². The summed E-state index contributed by atoms with van der Waals surface area (Å²) in [5, 5.41) is 0. The summed E-state index contributed by atoms with van der Waals surface area (Å²) in [4.78, 5) is 11.9. The Bertz CT molecular complexity index is 886. The van der Waals surface area contributed by atoms with Crippen molar-refractivity contribution in [3.05, 3.63) is 53.1 Å².